The molecule has 2 N–H and O–H groups in total. The SMILES string of the molecule is CCc1ccc(C(C)(C)C(=O)O)[nH]1. The summed E-state index contributed by atoms with van der Waals surface area (Å²) in [6, 6.07) is 3.77. The largest absolute Gasteiger partial charge is 0.481 e. The molecule has 0 aliphatic rings. The molecule has 0 spiro atoms. The summed E-state index contributed by atoms with van der Waals surface area (Å²) in [6.07, 6.45) is 0.899. The summed E-state index contributed by atoms with van der Waals surface area (Å²) in [7, 11) is 0. The van der Waals surface area contributed by atoms with Crippen molar-refractivity contribution in [3.63, 3.8) is 0 Å². The van der Waals surface area contributed by atoms with Gasteiger partial charge < -0.3 is 10.1 Å². The lowest BCUT2D eigenvalue weighted by Crippen LogP contribution is -2.28. The minimum atomic E-state index is -0.826. The van der Waals surface area contributed by atoms with E-state index < -0.39 is 11.4 Å². The summed E-state index contributed by atoms with van der Waals surface area (Å²) in [4.78, 5) is 14.0. The van der Waals surface area contributed by atoms with E-state index in [0.717, 1.165) is 17.8 Å². The Morgan fingerprint density at radius 3 is 2.54 bits per heavy atom. The van der Waals surface area contributed by atoms with Crippen molar-refractivity contribution in [3.05, 3.63) is 23.5 Å². The minimum Gasteiger partial charge on any atom is -0.481 e. The van der Waals surface area contributed by atoms with Crippen LogP contribution in [0.15, 0.2) is 12.1 Å². The number of aliphatic carboxylic acids is 1. The molecule has 0 aromatic carbocycles. The fourth-order valence-electron chi connectivity index (χ4n) is 1.13. The number of aromatic amines is 1. The van der Waals surface area contributed by atoms with Crippen LogP contribution in [0.1, 0.15) is 32.2 Å². The van der Waals surface area contributed by atoms with Gasteiger partial charge in [-0.25, -0.2) is 0 Å². The smallest absolute Gasteiger partial charge is 0.315 e. The lowest BCUT2D eigenvalue weighted by atomic mass is 9.90. The van der Waals surface area contributed by atoms with Gasteiger partial charge in [0.05, 0.1) is 0 Å². The molecule has 0 saturated heterocycles. The first-order chi connectivity index (χ1) is 5.98. The van der Waals surface area contributed by atoms with Gasteiger partial charge >= 0.3 is 5.97 Å². The molecule has 0 unspecified atom stereocenters. The van der Waals surface area contributed by atoms with Crippen LogP contribution in [-0.2, 0) is 16.6 Å². The number of aryl methyl sites for hydroxylation is 1. The van der Waals surface area contributed by atoms with Crippen molar-refractivity contribution in [2.24, 2.45) is 0 Å². The molecule has 0 fully saturated rings. The van der Waals surface area contributed by atoms with Crippen molar-refractivity contribution < 1.29 is 9.90 Å². The Morgan fingerprint density at radius 1 is 1.54 bits per heavy atom. The minimum absolute atomic E-state index is 0.761. The highest BCUT2D eigenvalue weighted by Gasteiger charge is 2.30. The van der Waals surface area contributed by atoms with E-state index in [-0.39, 0.29) is 0 Å². The van der Waals surface area contributed by atoms with Gasteiger partial charge in [0.15, 0.2) is 0 Å². The third-order valence-corrected chi connectivity index (χ3v) is 2.34. The molecule has 0 saturated carbocycles. The molecule has 3 nitrogen and oxygen atoms in total. The van der Waals surface area contributed by atoms with Crippen LogP contribution in [0.25, 0.3) is 0 Å². The van der Waals surface area contributed by atoms with E-state index in [1.165, 1.54) is 0 Å². The first kappa shape index (κ1) is 9.84. The van der Waals surface area contributed by atoms with E-state index in [0.29, 0.717) is 0 Å². The van der Waals surface area contributed by atoms with Gasteiger partial charge in [0.1, 0.15) is 5.41 Å². The molecule has 0 atom stereocenters. The quantitative estimate of drug-likeness (QED) is 0.748. The molecule has 0 aliphatic carbocycles. The summed E-state index contributed by atoms with van der Waals surface area (Å²) in [6.45, 7) is 5.42. The molecular formula is C10H15NO2. The molecule has 0 bridgehead atoms. The maximum absolute atomic E-state index is 10.9. The van der Waals surface area contributed by atoms with Crippen LogP contribution in [-0.4, -0.2) is 16.1 Å². The monoisotopic (exact) mass is 181 g/mol. The first-order valence-electron chi connectivity index (χ1n) is 4.40. The summed E-state index contributed by atoms with van der Waals surface area (Å²) in [5.74, 6) is -0.808. The Bertz CT molecular complexity index is 312. The number of hydrogen-bond acceptors (Lipinski definition) is 1. The van der Waals surface area contributed by atoms with Crippen LogP contribution in [0.5, 0.6) is 0 Å². The van der Waals surface area contributed by atoms with Gasteiger partial charge in [-0.1, -0.05) is 6.92 Å². The Balaban J connectivity index is 3.00. The number of carboxylic acids is 1. The van der Waals surface area contributed by atoms with Gasteiger partial charge in [-0.2, -0.15) is 0 Å². The fourth-order valence-corrected chi connectivity index (χ4v) is 1.13. The molecule has 3 heteroatoms. The maximum atomic E-state index is 10.9. The van der Waals surface area contributed by atoms with E-state index in [4.69, 9.17) is 5.11 Å². The average Bonchev–Trinajstić information content (AvgIpc) is 2.51. The summed E-state index contributed by atoms with van der Waals surface area (Å²) >= 11 is 0. The van der Waals surface area contributed by atoms with E-state index in [2.05, 4.69) is 4.98 Å². The predicted octanol–water partition coefficient (Wildman–Crippen LogP) is 1.94. The van der Waals surface area contributed by atoms with E-state index >= 15 is 0 Å². The molecule has 1 aromatic rings. The number of nitrogens with one attached hydrogen (secondary N) is 1. The first-order valence-corrected chi connectivity index (χ1v) is 4.40. The Morgan fingerprint density at radius 2 is 2.15 bits per heavy atom. The summed E-state index contributed by atoms with van der Waals surface area (Å²) in [5.41, 5.74) is 1.01. The van der Waals surface area contributed by atoms with Gasteiger partial charge in [0, 0.05) is 11.4 Å². The molecule has 0 amide bonds. The predicted molar refractivity (Wildman–Crippen MR) is 50.8 cm³/mol. The van der Waals surface area contributed by atoms with Gasteiger partial charge in [-0.3, -0.25) is 4.79 Å². The van der Waals surface area contributed by atoms with E-state index in [1.54, 1.807) is 13.8 Å². The van der Waals surface area contributed by atoms with E-state index in [9.17, 15) is 4.79 Å². The zero-order valence-electron chi connectivity index (χ0n) is 8.22. The highest BCUT2D eigenvalue weighted by atomic mass is 16.4. The molecule has 13 heavy (non-hydrogen) atoms. The molecule has 0 aliphatic heterocycles. The summed E-state index contributed by atoms with van der Waals surface area (Å²) in [5, 5.41) is 8.96. The Kier molecular flexibility index (Phi) is 2.45. The third kappa shape index (κ3) is 1.74. The van der Waals surface area contributed by atoms with Crippen molar-refractivity contribution >= 4 is 5.97 Å². The lowest BCUT2D eigenvalue weighted by molar-refractivity contribution is -0.142. The molecule has 0 radical (unpaired) electrons. The second-order valence-corrected chi connectivity index (χ2v) is 3.68. The van der Waals surface area contributed by atoms with Crippen molar-refractivity contribution in [3.8, 4) is 0 Å². The van der Waals surface area contributed by atoms with E-state index in [1.807, 2.05) is 19.1 Å². The standard InChI is InChI=1S/C10H15NO2/c1-4-7-5-6-8(11-7)10(2,3)9(12)13/h5-6,11H,4H2,1-3H3,(H,12,13). The number of H-pyrrole nitrogens is 1. The van der Waals surface area contributed by atoms with Gasteiger partial charge in [-0.15, -0.1) is 0 Å². The van der Waals surface area contributed by atoms with Crippen molar-refractivity contribution in [1.82, 2.24) is 4.98 Å². The highest BCUT2D eigenvalue weighted by molar-refractivity contribution is 5.79. The zero-order valence-corrected chi connectivity index (χ0v) is 8.22. The second-order valence-electron chi connectivity index (χ2n) is 3.68. The molecule has 72 valence electrons. The second kappa shape index (κ2) is 3.24. The number of carboxylic acid groups (broad SMARTS) is 1. The molecule has 1 rings (SSSR count). The average molecular weight is 181 g/mol. The highest BCUT2D eigenvalue weighted by Crippen LogP contribution is 2.22. The topological polar surface area (TPSA) is 53.1 Å². The van der Waals surface area contributed by atoms with Gasteiger partial charge in [-0.05, 0) is 32.4 Å². The van der Waals surface area contributed by atoms with Crippen molar-refractivity contribution in [2.75, 3.05) is 0 Å². The number of aromatic nitrogens is 1. The van der Waals surface area contributed by atoms with Crippen LogP contribution in [0.2, 0.25) is 0 Å². The lowest BCUT2D eigenvalue weighted by Gasteiger charge is -2.17. The van der Waals surface area contributed by atoms with Gasteiger partial charge in [0.2, 0.25) is 0 Å². The van der Waals surface area contributed by atoms with Crippen molar-refractivity contribution in [2.45, 2.75) is 32.6 Å². The molecule has 1 aromatic heterocycles. The van der Waals surface area contributed by atoms with Crippen LogP contribution < -0.4 is 0 Å². The zero-order chi connectivity index (χ0) is 10.1. The maximum Gasteiger partial charge on any atom is 0.315 e. The summed E-state index contributed by atoms with van der Waals surface area (Å²) < 4.78 is 0. The normalized spacial score (nSPS) is 11.6. The number of carbonyl (C=O) groups is 1. The van der Waals surface area contributed by atoms with Gasteiger partial charge in [0.25, 0.3) is 0 Å². The van der Waals surface area contributed by atoms with Crippen LogP contribution in [0, 0.1) is 0 Å². The van der Waals surface area contributed by atoms with Crippen LogP contribution in [0.3, 0.4) is 0 Å². The third-order valence-electron chi connectivity index (χ3n) is 2.34. The number of hydrogen-bond donors (Lipinski definition) is 2. The van der Waals surface area contributed by atoms with Crippen LogP contribution in [0.4, 0.5) is 0 Å². The Labute approximate surface area is 77.8 Å². The Hall–Kier alpha value is -1.25. The number of rotatable bonds is 3. The van der Waals surface area contributed by atoms with Crippen LogP contribution >= 0.6 is 0 Å². The molecule has 1 heterocycles. The fraction of sp³-hybridized carbons (Fsp3) is 0.500. The van der Waals surface area contributed by atoms with Crippen molar-refractivity contribution in [1.29, 1.82) is 0 Å². The molecular weight excluding hydrogens is 166 g/mol.